The van der Waals surface area contributed by atoms with Crippen molar-refractivity contribution >= 4 is 5.97 Å². The first-order chi connectivity index (χ1) is 7.58. The standard InChI is InChI=1S/C12H12N2O2/c1-8-3-4-9(2)11(5-8)14-7-10(6-13-14)12(15)16/h3-7H,1-2H3,(H,15,16). The molecule has 0 saturated carbocycles. The summed E-state index contributed by atoms with van der Waals surface area (Å²) in [5, 5.41) is 12.9. The Hall–Kier alpha value is -2.10. The number of aromatic carboxylic acids is 1. The van der Waals surface area contributed by atoms with Gasteiger partial charge in [-0.3, -0.25) is 0 Å². The second-order valence-corrected chi connectivity index (χ2v) is 3.77. The average molecular weight is 216 g/mol. The fraction of sp³-hybridized carbons (Fsp3) is 0.167. The topological polar surface area (TPSA) is 55.1 Å². The molecule has 4 heteroatoms. The van der Waals surface area contributed by atoms with Gasteiger partial charge >= 0.3 is 5.97 Å². The highest BCUT2D eigenvalue weighted by Gasteiger charge is 2.08. The summed E-state index contributed by atoms with van der Waals surface area (Å²) >= 11 is 0. The summed E-state index contributed by atoms with van der Waals surface area (Å²) < 4.78 is 1.59. The van der Waals surface area contributed by atoms with Gasteiger partial charge in [-0.1, -0.05) is 12.1 Å². The number of aryl methyl sites for hydroxylation is 2. The average Bonchev–Trinajstić information content (AvgIpc) is 2.70. The Bertz CT molecular complexity index is 544. The number of benzene rings is 1. The van der Waals surface area contributed by atoms with Crippen LogP contribution in [-0.4, -0.2) is 20.9 Å². The van der Waals surface area contributed by atoms with Crippen molar-refractivity contribution in [3.05, 3.63) is 47.3 Å². The third-order valence-electron chi connectivity index (χ3n) is 2.44. The van der Waals surface area contributed by atoms with Crippen molar-refractivity contribution in [3.63, 3.8) is 0 Å². The summed E-state index contributed by atoms with van der Waals surface area (Å²) in [6, 6.07) is 5.99. The number of carboxylic acid groups (broad SMARTS) is 1. The highest BCUT2D eigenvalue weighted by Crippen LogP contribution is 2.15. The first kappa shape index (κ1) is 10.4. The van der Waals surface area contributed by atoms with E-state index in [0.717, 1.165) is 16.8 Å². The molecule has 4 nitrogen and oxygen atoms in total. The van der Waals surface area contributed by atoms with Crippen LogP contribution in [0.25, 0.3) is 5.69 Å². The van der Waals surface area contributed by atoms with Gasteiger partial charge in [-0.05, 0) is 31.0 Å². The Morgan fingerprint density at radius 2 is 2.12 bits per heavy atom. The number of carboxylic acids is 1. The largest absolute Gasteiger partial charge is 0.478 e. The lowest BCUT2D eigenvalue weighted by Crippen LogP contribution is -1.98. The molecule has 0 amide bonds. The second kappa shape index (κ2) is 3.81. The summed E-state index contributed by atoms with van der Waals surface area (Å²) in [7, 11) is 0. The van der Waals surface area contributed by atoms with Crippen LogP contribution in [0.15, 0.2) is 30.6 Å². The van der Waals surface area contributed by atoms with Gasteiger partial charge in [0.2, 0.25) is 0 Å². The van der Waals surface area contributed by atoms with E-state index in [1.54, 1.807) is 4.68 Å². The van der Waals surface area contributed by atoms with Crippen LogP contribution in [-0.2, 0) is 0 Å². The van der Waals surface area contributed by atoms with Crippen LogP contribution in [0.2, 0.25) is 0 Å². The fourth-order valence-corrected chi connectivity index (χ4v) is 1.53. The van der Waals surface area contributed by atoms with Crippen LogP contribution in [0.4, 0.5) is 0 Å². The molecule has 0 aliphatic rings. The summed E-state index contributed by atoms with van der Waals surface area (Å²) in [6.07, 6.45) is 2.87. The number of rotatable bonds is 2. The molecule has 0 spiro atoms. The SMILES string of the molecule is Cc1ccc(C)c(-n2cc(C(=O)O)cn2)c1. The molecule has 0 aliphatic carbocycles. The van der Waals surface area contributed by atoms with Crippen LogP contribution in [0.5, 0.6) is 0 Å². The summed E-state index contributed by atoms with van der Waals surface area (Å²) in [4.78, 5) is 10.7. The van der Waals surface area contributed by atoms with Gasteiger partial charge in [0.25, 0.3) is 0 Å². The van der Waals surface area contributed by atoms with E-state index < -0.39 is 5.97 Å². The zero-order valence-corrected chi connectivity index (χ0v) is 9.14. The van der Waals surface area contributed by atoms with E-state index in [1.807, 2.05) is 32.0 Å². The highest BCUT2D eigenvalue weighted by molar-refractivity contribution is 5.87. The van der Waals surface area contributed by atoms with Crippen LogP contribution in [0.3, 0.4) is 0 Å². The van der Waals surface area contributed by atoms with E-state index in [4.69, 9.17) is 5.11 Å². The fourth-order valence-electron chi connectivity index (χ4n) is 1.53. The van der Waals surface area contributed by atoms with Crippen LogP contribution in [0.1, 0.15) is 21.5 Å². The van der Waals surface area contributed by atoms with Crippen molar-refractivity contribution < 1.29 is 9.90 Å². The van der Waals surface area contributed by atoms with Gasteiger partial charge < -0.3 is 5.11 Å². The van der Waals surface area contributed by atoms with Crippen LogP contribution < -0.4 is 0 Å². The quantitative estimate of drug-likeness (QED) is 0.837. The first-order valence-corrected chi connectivity index (χ1v) is 4.93. The van der Waals surface area contributed by atoms with Gasteiger partial charge in [-0.2, -0.15) is 5.10 Å². The molecule has 0 aliphatic heterocycles. The van der Waals surface area contributed by atoms with Gasteiger partial charge in [-0.25, -0.2) is 9.48 Å². The molecule has 16 heavy (non-hydrogen) atoms. The normalized spacial score (nSPS) is 10.4. The van der Waals surface area contributed by atoms with Gasteiger partial charge in [0.15, 0.2) is 0 Å². The van der Waals surface area contributed by atoms with Gasteiger partial charge in [0.1, 0.15) is 0 Å². The number of hydrogen-bond acceptors (Lipinski definition) is 2. The monoisotopic (exact) mass is 216 g/mol. The highest BCUT2D eigenvalue weighted by atomic mass is 16.4. The molecule has 0 fully saturated rings. The smallest absolute Gasteiger partial charge is 0.338 e. The Morgan fingerprint density at radius 3 is 2.75 bits per heavy atom. The molecule has 2 rings (SSSR count). The van der Waals surface area contributed by atoms with Gasteiger partial charge in [0, 0.05) is 6.20 Å². The lowest BCUT2D eigenvalue weighted by atomic mass is 10.1. The minimum Gasteiger partial charge on any atom is -0.478 e. The van der Waals surface area contributed by atoms with Crippen molar-refractivity contribution in [2.75, 3.05) is 0 Å². The Kier molecular flexibility index (Phi) is 2.48. The van der Waals surface area contributed by atoms with E-state index in [2.05, 4.69) is 5.10 Å². The molecule has 0 unspecified atom stereocenters. The molecule has 0 bridgehead atoms. The first-order valence-electron chi connectivity index (χ1n) is 4.93. The summed E-state index contributed by atoms with van der Waals surface area (Å²) in [5.41, 5.74) is 3.28. The molecule has 82 valence electrons. The third kappa shape index (κ3) is 1.82. The van der Waals surface area contributed by atoms with E-state index in [9.17, 15) is 4.79 Å². The maximum Gasteiger partial charge on any atom is 0.338 e. The minimum atomic E-state index is -0.962. The van der Waals surface area contributed by atoms with Crippen molar-refractivity contribution in [1.29, 1.82) is 0 Å². The Balaban J connectivity index is 2.50. The summed E-state index contributed by atoms with van der Waals surface area (Å²) in [6.45, 7) is 3.96. The van der Waals surface area contributed by atoms with Crippen molar-refractivity contribution in [1.82, 2.24) is 9.78 Å². The number of carbonyl (C=O) groups is 1. The van der Waals surface area contributed by atoms with E-state index >= 15 is 0 Å². The maximum absolute atomic E-state index is 10.7. The van der Waals surface area contributed by atoms with E-state index in [0.29, 0.717) is 0 Å². The van der Waals surface area contributed by atoms with Crippen LogP contribution >= 0.6 is 0 Å². The molecule has 1 heterocycles. The molecule has 0 saturated heterocycles. The number of hydrogen-bond donors (Lipinski definition) is 1. The van der Waals surface area contributed by atoms with E-state index in [1.165, 1.54) is 12.4 Å². The van der Waals surface area contributed by atoms with E-state index in [-0.39, 0.29) is 5.56 Å². The maximum atomic E-state index is 10.7. The zero-order chi connectivity index (χ0) is 11.7. The Labute approximate surface area is 93.1 Å². The zero-order valence-electron chi connectivity index (χ0n) is 9.14. The lowest BCUT2D eigenvalue weighted by Gasteiger charge is -2.06. The van der Waals surface area contributed by atoms with Crippen LogP contribution in [0, 0.1) is 13.8 Å². The molecule has 2 aromatic rings. The molecular formula is C12H12N2O2. The minimum absolute atomic E-state index is 0.195. The summed E-state index contributed by atoms with van der Waals surface area (Å²) in [5.74, 6) is -0.962. The third-order valence-corrected chi connectivity index (χ3v) is 2.44. The molecular weight excluding hydrogens is 204 g/mol. The molecule has 1 N–H and O–H groups in total. The molecule has 0 radical (unpaired) electrons. The van der Waals surface area contributed by atoms with Gasteiger partial charge in [0.05, 0.1) is 17.4 Å². The molecule has 1 aromatic carbocycles. The van der Waals surface area contributed by atoms with Crippen molar-refractivity contribution in [3.8, 4) is 5.69 Å². The Morgan fingerprint density at radius 1 is 1.38 bits per heavy atom. The molecule has 0 atom stereocenters. The predicted octanol–water partition coefficient (Wildman–Crippen LogP) is 2.19. The predicted molar refractivity (Wildman–Crippen MR) is 60.0 cm³/mol. The second-order valence-electron chi connectivity index (χ2n) is 3.77. The van der Waals surface area contributed by atoms with Gasteiger partial charge in [-0.15, -0.1) is 0 Å². The van der Waals surface area contributed by atoms with Crippen molar-refractivity contribution in [2.24, 2.45) is 0 Å². The number of aromatic nitrogens is 2. The lowest BCUT2D eigenvalue weighted by molar-refractivity contribution is 0.0697. The van der Waals surface area contributed by atoms with Crippen molar-refractivity contribution in [2.45, 2.75) is 13.8 Å². The molecule has 1 aromatic heterocycles. The number of nitrogens with zero attached hydrogens (tertiary/aromatic N) is 2.